The Balaban J connectivity index is 1.93. The molecule has 1 heterocycles. The molecule has 2 amide bonds. The van der Waals surface area contributed by atoms with Gasteiger partial charge in [0.1, 0.15) is 11.5 Å². The molecule has 0 unspecified atom stereocenters. The first-order valence-corrected chi connectivity index (χ1v) is 9.18. The van der Waals surface area contributed by atoms with Crippen LogP contribution in [0.25, 0.3) is 6.08 Å². The number of benzene rings is 2. The number of para-hydroxylation sites is 1. The Bertz CT molecular complexity index is 848. The highest BCUT2D eigenvalue weighted by molar-refractivity contribution is 8.19. The SMILES string of the molecule is CCOc1ccc(/C=C2\SC(=O)N(c3ccccc3)C2=O)c(OCC)c1. The van der Waals surface area contributed by atoms with E-state index in [1.165, 1.54) is 4.90 Å². The van der Waals surface area contributed by atoms with Gasteiger partial charge in [0, 0.05) is 11.6 Å². The summed E-state index contributed by atoms with van der Waals surface area (Å²) in [4.78, 5) is 26.6. The van der Waals surface area contributed by atoms with E-state index in [-0.39, 0.29) is 11.1 Å². The van der Waals surface area contributed by atoms with Crippen LogP contribution in [0.3, 0.4) is 0 Å². The summed E-state index contributed by atoms with van der Waals surface area (Å²) in [5.74, 6) is 0.984. The molecular weight excluding hydrogens is 350 g/mol. The molecule has 0 bridgehead atoms. The summed E-state index contributed by atoms with van der Waals surface area (Å²) in [7, 11) is 0. The smallest absolute Gasteiger partial charge is 0.298 e. The quantitative estimate of drug-likeness (QED) is 0.689. The molecule has 0 radical (unpaired) electrons. The van der Waals surface area contributed by atoms with Crippen molar-refractivity contribution in [1.29, 1.82) is 0 Å². The van der Waals surface area contributed by atoms with Crippen LogP contribution in [-0.2, 0) is 4.79 Å². The second kappa shape index (κ2) is 8.10. The molecule has 3 rings (SSSR count). The maximum absolute atomic E-state index is 12.7. The van der Waals surface area contributed by atoms with Crippen molar-refractivity contribution >= 4 is 34.7 Å². The van der Waals surface area contributed by atoms with Crippen LogP contribution in [0.4, 0.5) is 10.5 Å². The number of anilines is 1. The molecule has 26 heavy (non-hydrogen) atoms. The fraction of sp³-hybridized carbons (Fsp3) is 0.200. The summed E-state index contributed by atoms with van der Waals surface area (Å²) in [6, 6.07) is 14.3. The van der Waals surface area contributed by atoms with Crippen LogP contribution in [-0.4, -0.2) is 24.4 Å². The standard InChI is InChI=1S/C20H19NO4S/c1-3-24-16-11-10-14(17(13-16)25-4-2)12-18-19(22)21(20(23)26-18)15-8-6-5-7-9-15/h5-13H,3-4H2,1-2H3/b18-12-. The second-order valence-electron chi connectivity index (χ2n) is 5.42. The monoisotopic (exact) mass is 369 g/mol. The summed E-state index contributed by atoms with van der Waals surface area (Å²) in [5.41, 5.74) is 1.30. The zero-order valence-electron chi connectivity index (χ0n) is 14.6. The Morgan fingerprint density at radius 2 is 1.73 bits per heavy atom. The molecule has 5 nitrogen and oxygen atoms in total. The maximum atomic E-state index is 12.7. The van der Waals surface area contributed by atoms with E-state index in [9.17, 15) is 9.59 Å². The second-order valence-corrected chi connectivity index (χ2v) is 6.41. The fourth-order valence-electron chi connectivity index (χ4n) is 2.58. The predicted molar refractivity (Wildman–Crippen MR) is 104 cm³/mol. The Labute approximate surface area is 156 Å². The minimum Gasteiger partial charge on any atom is -0.494 e. The molecule has 1 saturated heterocycles. The molecule has 0 atom stereocenters. The molecule has 1 aliphatic rings. The van der Waals surface area contributed by atoms with Crippen LogP contribution in [0.1, 0.15) is 19.4 Å². The summed E-state index contributed by atoms with van der Waals surface area (Å²) in [5, 5.41) is -0.309. The highest BCUT2D eigenvalue weighted by Crippen LogP contribution is 2.37. The molecular formula is C20H19NO4S. The first-order valence-electron chi connectivity index (χ1n) is 8.36. The lowest BCUT2D eigenvalue weighted by molar-refractivity contribution is -0.113. The van der Waals surface area contributed by atoms with E-state index in [0.717, 1.165) is 17.3 Å². The van der Waals surface area contributed by atoms with Gasteiger partial charge in [-0.3, -0.25) is 9.59 Å². The van der Waals surface area contributed by atoms with Gasteiger partial charge in [0.2, 0.25) is 0 Å². The van der Waals surface area contributed by atoms with Crippen molar-refractivity contribution in [3.8, 4) is 11.5 Å². The van der Waals surface area contributed by atoms with Crippen LogP contribution in [0.15, 0.2) is 53.4 Å². The van der Waals surface area contributed by atoms with Crippen molar-refractivity contribution in [2.75, 3.05) is 18.1 Å². The van der Waals surface area contributed by atoms with Gasteiger partial charge in [-0.25, -0.2) is 4.90 Å². The topological polar surface area (TPSA) is 55.8 Å². The molecule has 0 aliphatic carbocycles. The van der Waals surface area contributed by atoms with E-state index in [0.29, 0.717) is 35.3 Å². The van der Waals surface area contributed by atoms with E-state index < -0.39 is 0 Å². The van der Waals surface area contributed by atoms with E-state index in [1.54, 1.807) is 36.4 Å². The lowest BCUT2D eigenvalue weighted by atomic mass is 10.1. The molecule has 2 aromatic rings. The van der Waals surface area contributed by atoms with Gasteiger partial charge >= 0.3 is 0 Å². The molecule has 0 spiro atoms. The Kier molecular flexibility index (Phi) is 5.63. The average molecular weight is 369 g/mol. The number of rotatable bonds is 6. The Morgan fingerprint density at radius 1 is 1.00 bits per heavy atom. The molecule has 134 valence electrons. The molecule has 1 fully saturated rings. The van der Waals surface area contributed by atoms with Crippen molar-refractivity contribution < 1.29 is 19.1 Å². The molecule has 0 saturated carbocycles. The lowest BCUT2D eigenvalue weighted by Gasteiger charge is -2.12. The van der Waals surface area contributed by atoms with Gasteiger partial charge in [0.25, 0.3) is 11.1 Å². The Hall–Kier alpha value is -2.73. The molecule has 6 heteroatoms. The van der Waals surface area contributed by atoms with Gasteiger partial charge < -0.3 is 9.47 Å². The minimum absolute atomic E-state index is 0.309. The van der Waals surface area contributed by atoms with Crippen molar-refractivity contribution in [2.45, 2.75) is 13.8 Å². The van der Waals surface area contributed by atoms with E-state index in [1.807, 2.05) is 32.0 Å². The van der Waals surface area contributed by atoms with Crippen LogP contribution < -0.4 is 14.4 Å². The molecule has 2 aromatic carbocycles. The van der Waals surface area contributed by atoms with Crippen LogP contribution in [0.2, 0.25) is 0 Å². The zero-order valence-corrected chi connectivity index (χ0v) is 15.4. The number of nitrogens with zero attached hydrogens (tertiary/aromatic N) is 1. The van der Waals surface area contributed by atoms with Crippen molar-refractivity contribution in [3.05, 3.63) is 59.0 Å². The molecule has 0 N–H and O–H groups in total. The first kappa shape index (κ1) is 18.1. The van der Waals surface area contributed by atoms with Gasteiger partial charge in [-0.15, -0.1) is 0 Å². The number of ether oxygens (including phenoxy) is 2. The first-order chi connectivity index (χ1) is 12.6. The number of imide groups is 1. The van der Waals surface area contributed by atoms with Gasteiger partial charge in [-0.2, -0.15) is 0 Å². The van der Waals surface area contributed by atoms with Crippen LogP contribution in [0, 0.1) is 0 Å². The van der Waals surface area contributed by atoms with Crippen LogP contribution >= 0.6 is 11.8 Å². The number of hydrogen-bond donors (Lipinski definition) is 0. The third-order valence-corrected chi connectivity index (χ3v) is 4.56. The van der Waals surface area contributed by atoms with Crippen molar-refractivity contribution in [2.24, 2.45) is 0 Å². The largest absolute Gasteiger partial charge is 0.494 e. The van der Waals surface area contributed by atoms with E-state index >= 15 is 0 Å². The van der Waals surface area contributed by atoms with Gasteiger partial charge in [0.15, 0.2) is 0 Å². The zero-order chi connectivity index (χ0) is 18.5. The molecule has 1 aliphatic heterocycles. The Morgan fingerprint density at radius 3 is 2.42 bits per heavy atom. The summed E-state index contributed by atoms with van der Waals surface area (Å²) in [6.07, 6.45) is 1.69. The lowest BCUT2D eigenvalue weighted by Crippen LogP contribution is -2.27. The van der Waals surface area contributed by atoms with Crippen molar-refractivity contribution in [1.82, 2.24) is 0 Å². The highest BCUT2D eigenvalue weighted by Gasteiger charge is 2.36. The number of hydrogen-bond acceptors (Lipinski definition) is 5. The van der Waals surface area contributed by atoms with Gasteiger partial charge in [0.05, 0.1) is 23.8 Å². The number of amides is 2. The number of carbonyl (C=O) groups excluding carboxylic acids is 2. The maximum Gasteiger partial charge on any atom is 0.298 e. The third kappa shape index (κ3) is 3.75. The average Bonchev–Trinajstić information content (AvgIpc) is 2.92. The highest BCUT2D eigenvalue weighted by atomic mass is 32.2. The number of thioether (sulfide) groups is 1. The van der Waals surface area contributed by atoms with E-state index in [4.69, 9.17) is 9.47 Å². The van der Waals surface area contributed by atoms with E-state index in [2.05, 4.69) is 0 Å². The fourth-order valence-corrected chi connectivity index (χ4v) is 3.41. The molecule has 0 aromatic heterocycles. The van der Waals surface area contributed by atoms with Crippen LogP contribution in [0.5, 0.6) is 11.5 Å². The summed E-state index contributed by atoms with van der Waals surface area (Å²) < 4.78 is 11.2. The van der Waals surface area contributed by atoms with Crippen molar-refractivity contribution in [3.63, 3.8) is 0 Å². The summed E-state index contributed by atoms with van der Waals surface area (Å²) in [6.45, 7) is 4.84. The minimum atomic E-state index is -0.331. The summed E-state index contributed by atoms with van der Waals surface area (Å²) >= 11 is 0.924. The van der Waals surface area contributed by atoms with Gasteiger partial charge in [-0.1, -0.05) is 18.2 Å². The number of carbonyl (C=O) groups is 2. The predicted octanol–water partition coefficient (Wildman–Crippen LogP) is 4.72. The third-order valence-electron chi connectivity index (χ3n) is 3.69. The normalized spacial score (nSPS) is 15.6. The van der Waals surface area contributed by atoms with Gasteiger partial charge in [-0.05, 0) is 56.0 Å².